The Morgan fingerprint density at radius 3 is 2.53 bits per heavy atom. The number of hydrogen-bond donors (Lipinski definition) is 0. The largest absolute Gasteiger partial charge is 0.484 e. The van der Waals surface area contributed by atoms with Crippen LogP contribution in [0.15, 0.2) is 22.6 Å². The number of halogens is 2. The van der Waals surface area contributed by atoms with Gasteiger partial charge in [-0.3, -0.25) is 0 Å². The third-order valence-corrected chi connectivity index (χ3v) is 5.33. The van der Waals surface area contributed by atoms with Crippen molar-refractivity contribution in [2.75, 3.05) is 0 Å². The van der Waals surface area contributed by atoms with Gasteiger partial charge in [0.05, 0.1) is 5.69 Å². The van der Waals surface area contributed by atoms with Crippen LogP contribution in [0.4, 0.5) is 8.78 Å². The van der Waals surface area contributed by atoms with Gasteiger partial charge in [-0.2, -0.15) is 5.10 Å². The van der Waals surface area contributed by atoms with Gasteiger partial charge in [0.25, 0.3) is 5.89 Å². The van der Waals surface area contributed by atoms with Gasteiger partial charge in [0.2, 0.25) is 11.8 Å². The fourth-order valence-electron chi connectivity index (χ4n) is 3.84. The van der Waals surface area contributed by atoms with E-state index in [4.69, 9.17) is 14.1 Å². The van der Waals surface area contributed by atoms with E-state index in [0.717, 1.165) is 17.1 Å². The van der Waals surface area contributed by atoms with Crippen LogP contribution in [0, 0.1) is 26.7 Å². The molecular weight excluding hydrogens is 392 g/mol. The van der Waals surface area contributed by atoms with Crippen molar-refractivity contribution in [1.82, 2.24) is 25.0 Å². The lowest BCUT2D eigenvalue weighted by Gasteiger charge is -2.28. The summed E-state index contributed by atoms with van der Waals surface area (Å²) in [6.07, 6.45) is 1.50. The predicted molar refractivity (Wildman–Crippen MR) is 105 cm³/mol. The van der Waals surface area contributed by atoms with E-state index in [1.165, 1.54) is 0 Å². The molecule has 3 heterocycles. The molecule has 0 amide bonds. The molecule has 1 saturated carbocycles. The minimum atomic E-state index is -2.54. The van der Waals surface area contributed by atoms with E-state index >= 15 is 0 Å². The van der Waals surface area contributed by atoms with E-state index in [-0.39, 0.29) is 25.4 Å². The van der Waals surface area contributed by atoms with Gasteiger partial charge in [0.1, 0.15) is 5.75 Å². The molecular formula is C21H25F2N5O2. The number of aryl methyl sites for hydroxylation is 3. The third kappa shape index (κ3) is 4.83. The van der Waals surface area contributed by atoms with Crippen LogP contribution in [0.5, 0.6) is 5.75 Å². The van der Waals surface area contributed by atoms with E-state index in [1.54, 1.807) is 17.7 Å². The zero-order valence-electron chi connectivity index (χ0n) is 17.4. The SMILES string of the molecule is Cc1cc(C)n(-c2cc(OCc3nnc(C)o3)cc(CC3CCC(F)(F)CC3)n2)n1. The molecule has 3 aromatic heterocycles. The first kappa shape index (κ1) is 20.4. The van der Waals surface area contributed by atoms with E-state index in [0.29, 0.717) is 42.6 Å². The van der Waals surface area contributed by atoms with Gasteiger partial charge in [-0.15, -0.1) is 10.2 Å². The van der Waals surface area contributed by atoms with Crippen LogP contribution in [-0.4, -0.2) is 30.9 Å². The van der Waals surface area contributed by atoms with E-state index in [9.17, 15) is 8.78 Å². The van der Waals surface area contributed by atoms with E-state index in [1.807, 2.05) is 26.0 Å². The van der Waals surface area contributed by atoms with Gasteiger partial charge in [-0.05, 0) is 45.1 Å². The second-order valence-electron chi connectivity index (χ2n) is 8.00. The minimum absolute atomic E-state index is 0.0608. The minimum Gasteiger partial charge on any atom is -0.484 e. The van der Waals surface area contributed by atoms with Gasteiger partial charge in [-0.1, -0.05) is 0 Å². The Labute approximate surface area is 173 Å². The Morgan fingerprint density at radius 1 is 1.13 bits per heavy atom. The van der Waals surface area contributed by atoms with Crippen LogP contribution >= 0.6 is 0 Å². The second kappa shape index (κ2) is 8.12. The number of alkyl halides is 2. The number of aromatic nitrogens is 5. The maximum atomic E-state index is 13.5. The number of ether oxygens (including phenoxy) is 1. The fraction of sp³-hybridized carbons (Fsp3) is 0.524. The predicted octanol–water partition coefficient (Wildman–Crippen LogP) is 4.52. The summed E-state index contributed by atoms with van der Waals surface area (Å²) in [7, 11) is 0. The van der Waals surface area contributed by atoms with Crippen LogP contribution < -0.4 is 4.74 Å². The Balaban J connectivity index is 1.58. The molecule has 0 aliphatic heterocycles. The summed E-state index contributed by atoms with van der Waals surface area (Å²) in [4.78, 5) is 4.75. The Hall–Kier alpha value is -2.84. The zero-order valence-corrected chi connectivity index (χ0v) is 17.4. The summed E-state index contributed by atoms with van der Waals surface area (Å²) in [5.41, 5.74) is 2.64. The molecule has 0 radical (unpaired) electrons. The molecule has 0 saturated heterocycles. The average Bonchev–Trinajstić information content (AvgIpc) is 3.26. The Bertz CT molecular complexity index is 1020. The highest BCUT2D eigenvalue weighted by Gasteiger charge is 2.35. The van der Waals surface area contributed by atoms with Crippen molar-refractivity contribution < 1.29 is 17.9 Å². The number of hydrogen-bond acceptors (Lipinski definition) is 6. The first-order chi connectivity index (χ1) is 14.3. The van der Waals surface area contributed by atoms with Crippen molar-refractivity contribution in [3.05, 3.63) is 47.1 Å². The van der Waals surface area contributed by atoms with Crippen LogP contribution in [0.3, 0.4) is 0 Å². The summed E-state index contributed by atoms with van der Waals surface area (Å²) >= 11 is 0. The fourth-order valence-corrected chi connectivity index (χ4v) is 3.84. The van der Waals surface area contributed by atoms with Crippen LogP contribution in [0.2, 0.25) is 0 Å². The topological polar surface area (TPSA) is 78.9 Å². The zero-order chi connectivity index (χ0) is 21.3. The molecule has 0 atom stereocenters. The van der Waals surface area contributed by atoms with Gasteiger partial charge < -0.3 is 9.15 Å². The van der Waals surface area contributed by atoms with Crippen molar-refractivity contribution in [2.24, 2.45) is 5.92 Å². The number of rotatable bonds is 6. The van der Waals surface area contributed by atoms with E-state index < -0.39 is 5.92 Å². The van der Waals surface area contributed by atoms with Crippen molar-refractivity contribution >= 4 is 0 Å². The number of pyridine rings is 1. The summed E-state index contributed by atoms with van der Waals surface area (Å²) in [6, 6.07) is 5.63. The van der Waals surface area contributed by atoms with Gasteiger partial charge >= 0.3 is 0 Å². The van der Waals surface area contributed by atoms with Crippen molar-refractivity contribution in [3.63, 3.8) is 0 Å². The monoisotopic (exact) mass is 417 g/mol. The summed E-state index contributed by atoms with van der Waals surface area (Å²) in [5.74, 6) is -0.268. The molecule has 7 nitrogen and oxygen atoms in total. The molecule has 30 heavy (non-hydrogen) atoms. The smallest absolute Gasteiger partial charge is 0.253 e. The quantitative estimate of drug-likeness (QED) is 0.587. The number of nitrogens with zero attached hydrogens (tertiary/aromatic N) is 5. The lowest BCUT2D eigenvalue weighted by atomic mass is 9.84. The molecule has 0 unspecified atom stereocenters. The molecule has 0 spiro atoms. The maximum Gasteiger partial charge on any atom is 0.253 e. The second-order valence-corrected chi connectivity index (χ2v) is 8.00. The molecule has 0 aromatic carbocycles. The standard InChI is InChI=1S/C21H25F2N5O2/c1-13-8-14(2)28(27-13)19-11-18(29-12-20-26-25-15(3)30-20)10-17(24-19)9-16-4-6-21(22,23)7-5-16/h8,10-11,16H,4-7,9,12H2,1-3H3. The third-order valence-electron chi connectivity index (χ3n) is 5.33. The molecule has 9 heteroatoms. The summed E-state index contributed by atoms with van der Waals surface area (Å²) in [5, 5.41) is 12.3. The van der Waals surface area contributed by atoms with Gasteiger partial charge in [0.15, 0.2) is 12.4 Å². The molecule has 4 rings (SSSR count). The maximum absolute atomic E-state index is 13.5. The van der Waals surface area contributed by atoms with Gasteiger partial charge in [0, 0.05) is 43.3 Å². The molecule has 1 aliphatic rings. The normalized spacial score (nSPS) is 16.7. The highest BCUT2D eigenvalue weighted by atomic mass is 19.3. The first-order valence-electron chi connectivity index (χ1n) is 10.1. The van der Waals surface area contributed by atoms with Crippen molar-refractivity contribution in [2.45, 2.75) is 65.4 Å². The van der Waals surface area contributed by atoms with Crippen LogP contribution in [0.1, 0.15) is 54.5 Å². The van der Waals surface area contributed by atoms with Crippen molar-refractivity contribution in [1.29, 1.82) is 0 Å². The van der Waals surface area contributed by atoms with Crippen LogP contribution in [0.25, 0.3) is 5.82 Å². The summed E-state index contributed by atoms with van der Waals surface area (Å²) in [6.45, 7) is 5.73. The highest BCUT2D eigenvalue weighted by molar-refractivity contribution is 5.36. The van der Waals surface area contributed by atoms with Crippen LogP contribution in [-0.2, 0) is 13.0 Å². The van der Waals surface area contributed by atoms with Crippen molar-refractivity contribution in [3.8, 4) is 11.6 Å². The molecule has 1 fully saturated rings. The molecule has 0 bridgehead atoms. The lowest BCUT2D eigenvalue weighted by molar-refractivity contribution is -0.0457. The highest BCUT2D eigenvalue weighted by Crippen LogP contribution is 2.37. The van der Waals surface area contributed by atoms with Gasteiger partial charge in [-0.25, -0.2) is 18.4 Å². The Morgan fingerprint density at radius 2 is 1.90 bits per heavy atom. The average molecular weight is 417 g/mol. The lowest BCUT2D eigenvalue weighted by Crippen LogP contribution is -2.25. The summed E-state index contributed by atoms with van der Waals surface area (Å²) < 4.78 is 40.0. The molecule has 0 N–H and O–H groups in total. The molecule has 160 valence electrons. The molecule has 3 aromatic rings. The Kier molecular flexibility index (Phi) is 5.53. The first-order valence-corrected chi connectivity index (χ1v) is 10.1. The van der Waals surface area contributed by atoms with E-state index in [2.05, 4.69) is 15.3 Å². The molecule has 1 aliphatic carbocycles.